The first-order chi connectivity index (χ1) is 21.3. The van der Waals surface area contributed by atoms with Gasteiger partial charge in [0, 0.05) is 28.8 Å². The van der Waals surface area contributed by atoms with Crippen LogP contribution in [-0.2, 0) is 11.2 Å². The highest BCUT2D eigenvalue weighted by molar-refractivity contribution is 6.31. The normalized spacial score (nSPS) is 11.3. The van der Waals surface area contributed by atoms with Crippen LogP contribution in [0.3, 0.4) is 0 Å². The second-order valence-corrected chi connectivity index (χ2v) is 10.3. The number of halogens is 2. The van der Waals surface area contributed by atoms with E-state index in [2.05, 4.69) is 10.6 Å². The first-order valence-electron chi connectivity index (χ1n) is 13.7. The van der Waals surface area contributed by atoms with Crippen molar-refractivity contribution in [2.45, 2.75) is 12.5 Å². The van der Waals surface area contributed by atoms with Crippen molar-refractivity contribution < 1.29 is 28.6 Å². The molecule has 0 heterocycles. The average molecular weight is 611 g/mol. The number of hydrogen-bond donors (Lipinski definition) is 3. The third-order valence-electron chi connectivity index (χ3n) is 6.82. The van der Waals surface area contributed by atoms with Crippen LogP contribution >= 0.6 is 11.6 Å². The summed E-state index contributed by atoms with van der Waals surface area (Å²) < 4.78 is 25.0. The summed E-state index contributed by atoms with van der Waals surface area (Å²) >= 11 is 6.18. The molecule has 0 aliphatic carbocycles. The van der Waals surface area contributed by atoms with E-state index in [-0.39, 0.29) is 22.8 Å². The van der Waals surface area contributed by atoms with E-state index in [0.717, 1.165) is 11.1 Å². The number of hydrogen-bond acceptors (Lipinski definition) is 5. The van der Waals surface area contributed by atoms with Gasteiger partial charge in [-0.3, -0.25) is 4.79 Å². The van der Waals surface area contributed by atoms with E-state index in [9.17, 15) is 19.1 Å². The molecule has 1 atom stereocenters. The Labute approximate surface area is 258 Å². The van der Waals surface area contributed by atoms with Crippen molar-refractivity contribution in [2.75, 3.05) is 12.4 Å². The first-order valence-corrected chi connectivity index (χ1v) is 14.0. The Kier molecular flexibility index (Phi) is 9.42. The summed E-state index contributed by atoms with van der Waals surface area (Å²) in [5.74, 6) is -0.934. The topological polar surface area (TPSA) is 96.9 Å². The fourth-order valence-corrected chi connectivity index (χ4v) is 4.78. The Morgan fingerprint density at radius 3 is 2.32 bits per heavy atom. The third kappa shape index (κ3) is 7.35. The molecular weight excluding hydrogens is 583 g/mol. The fourth-order valence-electron chi connectivity index (χ4n) is 4.61. The molecule has 0 aliphatic rings. The molecule has 1 unspecified atom stereocenters. The summed E-state index contributed by atoms with van der Waals surface area (Å²) in [6.07, 6.45) is 0.0437. The van der Waals surface area contributed by atoms with Gasteiger partial charge in [-0.1, -0.05) is 72.3 Å². The van der Waals surface area contributed by atoms with Gasteiger partial charge in [0.25, 0.3) is 5.91 Å². The predicted molar refractivity (Wildman–Crippen MR) is 169 cm³/mol. The zero-order chi connectivity index (χ0) is 31.1. The number of amides is 1. The number of carbonyl (C=O) groups excluding carboxylic acids is 1. The van der Waals surface area contributed by atoms with E-state index in [1.807, 2.05) is 78.9 Å². The summed E-state index contributed by atoms with van der Waals surface area (Å²) in [7, 11) is 1.35. The molecule has 0 aromatic heterocycles. The van der Waals surface area contributed by atoms with Crippen LogP contribution in [0.4, 0.5) is 15.8 Å². The van der Waals surface area contributed by atoms with Gasteiger partial charge in [0.2, 0.25) is 0 Å². The van der Waals surface area contributed by atoms with E-state index < -0.39 is 23.7 Å². The van der Waals surface area contributed by atoms with Crippen molar-refractivity contribution in [1.29, 1.82) is 0 Å². The molecule has 222 valence electrons. The maximum Gasteiger partial charge on any atom is 0.326 e. The number of nitrogens with one attached hydrogen (secondary N) is 2. The van der Waals surface area contributed by atoms with Crippen LogP contribution in [0, 0.1) is 5.82 Å². The van der Waals surface area contributed by atoms with Crippen LogP contribution in [0.2, 0.25) is 5.02 Å². The summed E-state index contributed by atoms with van der Waals surface area (Å²) in [5, 5.41) is 15.9. The Morgan fingerprint density at radius 1 is 0.864 bits per heavy atom. The monoisotopic (exact) mass is 610 g/mol. The molecule has 9 heteroatoms. The summed E-state index contributed by atoms with van der Waals surface area (Å²) in [5.41, 5.74) is 3.42. The zero-order valence-corrected chi connectivity index (χ0v) is 24.3. The van der Waals surface area contributed by atoms with E-state index in [1.165, 1.54) is 31.4 Å². The van der Waals surface area contributed by atoms with E-state index in [1.54, 1.807) is 12.1 Å². The number of aliphatic carboxylic acids is 1. The van der Waals surface area contributed by atoms with Crippen molar-refractivity contribution in [1.82, 2.24) is 5.32 Å². The molecule has 0 fully saturated rings. The highest BCUT2D eigenvalue weighted by Crippen LogP contribution is 2.33. The van der Waals surface area contributed by atoms with Crippen molar-refractivity contribution in [3.05, 3.63) is 137 Å². The van der Waals surface area contributed by atoms with Gasteiger partial charge in [-0.25, -0.2) is 9.18 Å². The molecular formula is C35H28ClFN2O5. The van der Waals surface area contributed by atoms with E-state index >= 15 is 0 Å². The van der Waals surface area contributed by atoms with Crippen LogP contribution in [0.5, 0.6) is 17.2 Å². The van der Waals surface area contributed by atoms with Crippen LogP contribution in [0.25, 0.3) is 11.1 Å². The van der Waals surface area contributed by atoms with Crippen LogP contribution in [0.15, 0.2) is 115 Å². The Bertz CT molecular complexity index is 1780. The summed E-state index contributed by atoms with van der Waals surface area (Å²) in [6.45, 7) is 0. The summed E-state index contributed by atoms with van der Waals surface area (Å²) in [4.78, 5) is 25.5. The molecule has 5 aromatic carbocycles. The van der Waals surface area contributed by atoms with Crippen molar-refractivity contribution in [3.8, 4) is 28.4 Å². The number of anilines is 2. The first kappa shape index (κ1) is 30.1. The molecule has 0 saturated heterocycles. The minimum absolute atomic E-state index is 0.0270. The van der Waals surface area contributed by atoms with Gasteiger partial charge in [-0.2, -0.15) is 0 Å². The average Bonchev–Trinajstić information content (AvgIpc) is 3.03. The Hall–Kier alpha value is -5.34. The van der Waals surface area contributed by atoms with Crippen LogP contribution in [0.1, 0.15) is 15.9 Å². The van der Waals surface area contributed by atoms with Gasteiger partial charge in [0.05, 0.1) is 18.4 Å². The number of benzene rings is 5. The highest BCUT2D eigenvalue weighted by atomic mass is 35.5. The number of rotatable bonds is 11. The molecule has 5 aromatic rings. The van der Waals surface area contributed by atoms with E-state index in [4.69, 9.17) is 21.1 Å². The Morgan fingerprint density at radius 2 is 1.59 bits per heavy atom. The molecule has 7 nitrogen and oxygen atoms in total. The minimum atomic E-state index is -1.22. The van der Waals surface area contributed by atoms with Crippen molar-refractivity contribution in [2.24, 2.45) is 0 Å². The lowest BCUT2D eigenvalue weighted by Gasteiger charge is -2.18. The highest BCUT2D eigenvalue weighted by Gasteiger charge is 2.23. The van der Waals surface area contributed by atoms with Gasteiger partial charge >= 0.3 is 5.97 Å². The van der Waals surface area contributed by atoms with Crippen LogP contribution in [-0.4, -0.2) is 30.1 Å². The Balaban J connectivity index is 1.32. The van der Waals surface area contributed by atoms with Gasteiger partial charge in [-0.15, -0.1) is 0 Å². The second kappa shape index (κ2) is 13.8. The molecule has 0 bridgehead atoms. The number of ether oxygens (including phenoxy) is 2. The van der Waals surface area contributed by atoms with E-state index in [0.29, 0.717) is 28.4 Å². The fraction of sp³-hybridized carbons (Fsp3) is 0.0857. The lowest BCUT2D eigenvalue weighted by molar-refractivity contribution is -0.139. The molecule has 1 amide bonds. The predicted octanol–water partition coefficient (Wildman–Crippen LogP) is 8.12. The SMILES string of the molecule is COc1cc(Nc2ccc(Cl)cc2C(=O)NC(Cc2ccc(-c3ccccc3Oc3ccccc3)cc2)C(=O)O)ccc1F. The number of carboxylic acid groups (broad SMARTS) is 1. The van der Waals surface area contributed by atoms with Crippen molar-refractivity contribution >= 4 is 34.9 Å². The molecule has 44 heavy (non-hydrogen) atoms. The standard InChI is InChI=1S/C35H28ClFN2O5/c1-43-33-21-25(16-17-29(33)37)38-30-18-15-24(36)20-28(30)34(40)39-31(35(41)42)19-22-11-13-23(14-12-22)27-9-5-6-10-32(27)44-26-7-3-2-4-8-26/h2-18,20-21,31,38H,19H2,1H3,(H,39,40)(H,41,42). The maximum absolute atomic E-state index is 13.9. The largest absolute Gasteiger partial charge is 0.494 e. The van der Waals surface area contributed by atoms with Crippen LogP contribution < -0.4 is 20.1 Å². The lowest BCUT2D eigenvalue weighted by atomic mass is 9.99. The number of carbonyl (C=O) groups is 2. The summed E-state index contributed by atoms with van der Waals surface area (Å²) in [6, 6.07) is 32.1. The molecule has 0 saturated carbocycles. The zero-order valence-electron chi connectivity index (χ0n) is 23.6. The molecule has 0 aliphatic heterocycles. The number of carboxylic acids is 1. The molecule has 0 spiro atoms. The maximum atomic E-state index is 13.9. The van der Waals surface area contributed by atoms with Crippen molar-refractivity contribution in [3.63, 3.8) is 0 Å². The minimum Gasteiger partial charge on any atom is -0.494 e. The van der Waals surface area contributed by atoms with Gasteiger partial charge < -0.3 is 25.2 Å². The van der Waals surface area contributed by atoms with Gasteiger partial charge in [0.1, 0.15) is 17.5 Å². The number of methoxy groups -OCH3 is 1. The lowest BCUT2D eigenvalue weighted by Crippen LogP contribution is -2.42. The quantitative estimate of drug-likeness (QED) is 0.140. The smallest absolute Gasteiger partial charge is 0.326 e. The van der Waals surface area contributed by atoms with Gasteiger partial charge in [-0.05, 0) is 59.7 Å². The third-order valence-corrected chi connectivity index (χ3v) is 7.06. The molecule has 3 N–H and O–H groups in total. The second-order valence-electron chi connectivity index (χ2n) is 9.84. The molecule has 5 rings (SSSR count). The number of para-hydroxylation sites is 2. The van der Waals surface area contributed by atoms with Gasteiger partial charge in [0.15, 0.2) is 11.6 Å². The molecule has 0 radical (unpaired) electrons.